The number of rotatable bonds is 8. The van der Waals surface area contributed by atoms with Gasteiger partial charge in [0.2, 0.25) is 11.8 Å². The van der Waals surface area contributed by atoms with Gasteiger partial charge >= 0.3 is 12.1 Å². The van der Waals surface area contributed by atoms with Crippen LogP contribution in [0.25, 0.3) is 0 Å². The number of ketones is 1. The Labute approximate surface area is 236 Å². The maximum absolute atomic E-state index is 13.1. The fourth-order valence-electron chi connectivity index (χ4n) is 3.77. The van der Waals surface area contributed by atoms with E-state index >= 15 is 0 Å². The van der Waals surface area contributed by atoms with Gasteiger partial charge in [0, 0.05) is 45.1 Å². The number of carbonyl (C=O) groups is 5. The highest BCUT2D eigenvalue weighted by molar-refractivity contribution is 5.94. The molecule has 3 amide bonds. The number of esters is 1. The summed E-state index contributed by atoms with van der Waals surface area (Å²) in [5.74, 6) is -2.73. The molecule has 4 atom stereocenters. The van der Waals surface area contributed by atoms with Crippen LogP contribution in [0.4, 0.5) is 4.79 Å². The SMILES string of the molecule is COC(=O)[C@@H]1CCOCCCCOC[C@H](NC(=O)[C@@H](N)CCCCNC(=O)OC(C)(C)C)C(=O)C[C@@H](C)C(=O)N1. The highest BCUT2D eigenvalue weighted by atomic mass is 16.6. The average molecular weight is 573 g/mol. The molecule has 0 saturated carbocycles. The van der Waals surface area contributed by atoms with Crippen LogP contribution in [-0.4, -0.2) is 93.5 Å². The van der Waals surface area contributed by atoms with Crippen LogP contribution >= 0.6 is 0 Å². The summed E-state index contributed by atoms with van der Waals surface area (Å²) in [6.07, 6.45) is 2.44. The molecule has 1 rings (SSSR count). The van der Waals surface area contributed by atoms with Crippen LogP contribution in [0.1, 0.15) is 72.6 Å². The van der Waals surface area contributed by atoms with Crippen molar-refractivity contribution in [3.05, 3.63) is 0 Å². The first kappa shape index (κ1) is 35.3. The molecular formula is C27H48N4O9. The molecule has 5 N–H and O–H groups in total. The molecule has 1 aliphatic heterocycles. The van der Waals surface area contributed by atoms with Crippen molar-refractivity contribution < 1.29 is 42.9 Å². The summed E-state index contributed by atoms with van der Waals surface area (Å²) in [4.78, 5) is 62.4. The van der Waals surface area contributed by atoms with Crippen LogP contribution in [0, 0.1) is 5.92 Å². The molecule has 1 saturated heterocycles. The number of nitrogens with two attached hydrogens (primary N) is 1. The monoisotopic (exact) mass is 572 g/mol. The van der Waals surface area contributed by atoms with Gasteiger partial charge in [-0.25, -0.2) is 9.59 Å². The van der Waals surface area contributed by atoms with Gasteiger partial charge in [0.15, 0.2) is 5.78 Å². The van der Waals surface area contributed by atoms with Crippen LogP contribution in [0.3, 0.4) is 0 Å². The highest BCUT2D eigenvalue weighted by Crippen LogP contribution is 2.10. The Balaban J connectivity index is 2.68. The van der Waals surface area contributed by atoms with Gasteiger partial charge in [0.05, 0.1) is 19.8 Å². The molecule has 1 aliphatic rings. The molecule has 0 bridgehead atoms. The average Bonchev–Trinajstić information content (AvgIpc) is 2.87. The lowest BCUT2D eigenvalue weighted by atomic mass is 9.98. The van der Waals surface area contributed by atoms with Crippen molar-refractivity contribution in [2.45, 2.75) is 96.4 Å². The lowest BCUT2D eigenvalue weighted by Crippen LogP contribution is -2.51. The van der Waals surface area contributed by atoms with E-state index in [1.807, 2.05) is 0 Å². The summed E-state index contributed by atoms with van der Waals surface area (Å²) in [6.45, 7) is 8.29. The van der Waals surface area contributed by atoms with E-state index in [4.69, 9.17) is 24.7 Å². The van der Waals surface area contributed by atoms with Crippen LogP contribution < -0.4 is 21.7 Å². The molecular weight excluding hydrogens is 524 g/mol. The fraction of sp³-hybridized carbons (Fsp3) is 0.815. The van der Waals surface area contributed by atoms with E-state index in [1.54, 1.807) is 27.7 Å². The quantitative estimate of drug-likeness (QED) is 0.241. The number of unbranched alkanes of at least 4 members (excludes halogenated alkanes) is 1. The number of Topliss-reactive ketones (excluding diaryl/α,β-unsaturated/α-hetero) is 1. The van der Waals surface area contributed by atoms with Crippen LogP contribution in [-0.2, 0) is 38.1 Å². The molecule has 0 aromatic carbocycles. The van der Waals surface area contributed by atoms with Gasteiger partial charge in [-0.2, -0.15) is 0 Å². The second-order valence-electron chi connectivity index (χ2n) is 10.9. The van der Waals surface area contributed by atoms with Gasteiger partial charge in [0.1, 0.15) is 17.7 Å². The third-order valence-electron chi connectivity index (χ3n) is 6.07. The van der Waals surface area contributed by atoms with E-state index in [9.17, 15) is 24.0 Å². The van der Waals surface area contributed by atoms with E-state index in [0.29, 0.717) is 51.9 Å². The second kappa shape index (κ2) is 18.6. The van der Waals surface area contributed by atoms with Crippen molar-refractivity contribution in [3.8, 4) is 0 Å². The van der Waals surface area contributed by atoms with Gasteiger partial charge in [-0.3, -0.25) is 14.4 Å². The van der Waals surface area contributed by atoms with Crippen molar-refractivity contribution in [1.29, 1.82) is 0 Å². The standard InChI is InChI=1S/C27H48N4O9/c1-18-16-22(32)21(31-24(34)19(28)10-6-7-12-29-26(36)40-27(2,3)4)17-39-14-9-8-13-38-15-11-20(25(35)37-5)30-23(18)33/h18-21H,6-17,28H2,1-5H3,(H,29,36)(H,30,33)(H,31,34)/t18-,19+,20+,21+/m1/s1. The van der Waals surface area contributed by atoms with Gasteiger partial charge in [0.25, 0.3) is 0 Å². The smallest absolute Gasteiger partial charge is 0.407 e. The molecule has 0 aromatic heterocycles. The summed E-state index contributed by atoms with van der Waals surface area (Å²) in [7, 11) is 1.24. The Kier molecular flexibility index (Phi) is 16.4. The van der Waals surface area contributed by atoms with Crippen LogP contribution in [0.5, 0.6) is 0 Å². The molecule has 40 heavy (non-hydrogen) atoms. The summed E-state index contributed by atoms with van der Waals surface area (Å²) in [5.41, 5.74) is 5.47. The molecule has 0 aliphatic carbocycles. The Morgan fingerprint density at radius 2 is 1.77 bits per heavy atom. The normalized spacial score (nSPS) is 22.9. The minimum absolute atomic E-state index is 0.0584. The number of amides is 3. The number of methoxy groups -OCH3 is 1. The maximum Gasteiger partial charge on any atom is 0.407 e. The first-order chi connectivity index (χ1) is 18.8. The number of nitrogens with one attached hydrogen (secondary N) is 3. The molecule has 0 spiro atoms. The van der Waals surface area contributed by atoms with Crippen molar-refractivity contribution in [2.24, 2.45) is 11.7 Å². The zero-order chi connectivity index (χ0) is 30.1. The largest absolute Gasteiger partial charge is 0.467 e. The molecule has 13 nitrogen and oxygen atoms in total. The number of hydrogen-bond donors (Lipinski definition) is 4. The Morgan fingerprint density at radius 1 is 1.10 bits per heavy atom. The number of ether oxygens (including phenoxy) is 4. The van der Waals surface area contributed by atoms with E-state index in [1.165, 1.54) is 7.11 Å². The lowest BCUT2D eigenvalue weighted by Gasteiger charge is -2.23. The lowest BCUT2D eigenvalue weighted by molar-refractivity contribution is -0.146. The number of alkyl carbamates (subject to hydrolysis) is 1. The number of hydrogen-bond acceptors (Lipinski definition) is 10. The highest BCUT2D eigenvalue weighted by Gasteiger charge is 2.29. The molecule has 1 heterocycles. The Morgan fingerprint density at radius 3 is 2.42 bits per heavy atom. The topological polar surface area (TPSA) is 184 Å². The van der Waals surface area contributed by atoms with Crippen molar-refractivity contribution in [2.75, 3.05) is 40.1 Å². The molecule has 230 valence electrons. The van der Waals surface area contributed by atoms with Gasteiger partial charge in [-0.15, -0.1) is 0 Å². The van der Waals surface area contributed by atoms with E-state index < -0.39 is 53.5 Å². The third-order valence-corrected chi connectivity index (χ3v) is 6.07. The Bertz CT molecular complexity index is 831. The predicted molar refractivity (Wildman–Crippen MR) is 146 cm³/mol. The van der Waals surface area contributed by atoms with E-state index in [0.717, 1.165) is 0 Å². The Hall–Kier alpha value is -2.77. The van der Waals surface area contributed by atoms with E-state index in [2.05, 4.69) is 16.0 Å². The first-order valence-corrected chi connectivity index (χ1v) is 13.9. The molecule has 13 heteroatoms. The van der Waals surface area contributed by atoms with Gasteiger partial charge in [-0.05, 0) is 52.9 Å². The zero-order valence-corrected chi connectivity index (χ0v) is 24.5. The van der Waals surface area contributed by atoms with Crippen molar-refractivity contribution in [3.63, 3.8) is 0 Å². The van der Waals surface area contributed by atoms with Crippen molar-refractivity contribution >= 4 is 29.7 Å². The van der Waals surface area contributed by atoms with E-state index in [-0.39, 0.29) is 31.8 Å². The summed E-state index contributed by atoms with van der Waals surface area (Å²) in [5, 5.41) is 7.95. The summed E-state index contributed by atoms with van der Waals surface area (Å²) < 4.78 is 21.1. The molecule has 0 radical (unpaired) electrons. The van der Waals surface area contributed by atoms with Gasteiger partial charge < -0.3 is 40.6 Å². The minimum Gasteiger partial charge on any atom is -0.467 e. The fourth-order valence-corrected chi connectivity index (χ4v) is 3.77. The second-order valence-corrected chi connectivity index (χ2v) is 10.9. The van der Waals surface area contributed by atoms with Gasteiger partial charge in [-0.1, -0.05) is 6.92 Å². The molecule has 0 aromatic rings. The summed E-state index contributed by atoms with van der Waals surface area (Å²) >= 11 is 0. The molecule has 0 unspecified atom stereocenters. The maximum atomic E-state index is 13.1. The zero-order valence-electron chi connectivity index (χ0n) is 24.5. The van der Waals surface area contributed by atoms with Crippen molar-refractivity contribution in [1.82, 2.24) is 16.0 Å². The first-order valence-electron chi connectivity index (χ1n) is 13.9. The third kappa shape index (κ3) is 15.1. The minimum atomic E-state index is -0.983. The van der Waals surface area contributed by atoms with Crippen LogP contribution in [0.2, 0.25) is 0 Å². The number of carbonyl (C=O) groups excluding carboxylic acids is 5. The van der Waals surface area contributed by atoms with Crippen LogP contribution in [0.15, 0.2) is 0 Å². The predicted octanol–water partition coefficient (Wildman–Crippen LogP) is 0.964. The molecule has 1 fully saturated rings. The summed E-state index contributed by atoms with van der Waals surface area (Å²) in [6, 6.07) is -2.74.